The topological polar surface area (TPSA) is 54.5 Å². The Morgan fingerprint density at radius 1 is 1.24 bits per heavy atom. The summed E-state index contributed by atoms with van der Waals surface area (Å²) in [6, 6.07) is 17.5. The molecule has 2 aromatic carbocycles. The van der Waals surface area contributed by atoms with Crippen molar-refractivity contribution in [1.29, 1.82) is 0 Å². The highest BCUT2D eigenvalue weighted by atomic mass is 35.5. The van der Waals surface area contributed by atoms with Gasteiger partial charge in [0, 0.05) is 35.8 Å². The Balaban J connectivity index is 1.45. The highest BCUT2D eigenvalue weighted by Gasteiger charge is 2.26. The first-order valence-corrected chi connectivity index (χ1v) is 10.2. The Kier molecular flexibility index (Phi) is 5.97. The zero-order valence-corrected chi connectivity index (χ0v) is 17.2. The molecule has 1 saturated heterocycles. The van der Waals surface area contributed by atoms with Crippen LogP contribution in [-0.2, 0) is 11.3 Å². The van der Waals surface area contributed by atoms with Crippen LogP contribution in [0.1, 0.15) is 18.4 Å². The standard InChI is InChI=1S/C23H24ClN3O2/c1-29-20-10-9-16-12-18(22(24)26-21(16)13-20)15-27-11-5-6-17(14-27)23(28)25-19-7-3-2-4-8-19/h2-4,7-10,12-13,17H,5-6,11,14-15H2,1H3,(H,25,28). The Bertz CT molecular complexity index is 1010. The summed E-state index contributed by atoms with van der Waals surface area (Å²) in [6.07, 6.45) is 1.89. The summed E-state index contributed by atoms with van der Waals surface area (Å²) in [6.45, 7) is 2.35. The molecule has 5 nitrogen and oxygen atoms in total. The van der Waals surface area contributed by atoms with Gasteiger partial charge in [-0.15, -0.1) is 0 Å². The highest BCUT2D eigenvalue weighted by Crippen LogP contribution is 2.27. The number of methoxy groups -OCH3 is 1. The summed E-state index contributed by atoms with van der Waals surface area (Å²) in [5, 5.41) is 4.56. The summed E-state index contributed by atoms with van der Waals surface area (Å²) < 4.78 is 5.26. The van der Waals surface area contributed by atoms with E-state index in [1.54, 1.807) is 7.11 Å². The average molecular weight is 410 g/mol. The third kappa shape index (κ3) is 4.69. The quantitative estimate of drug-likeness (QED) is 0.618. The summed E-state index contributed by atoms with van der Waals surface area (Å²) in [4.78, 5) is 19.5. The lowest BCUT2D eigenvalue weighted by Crippen LogP contribution is -2.40. The Morgan fingerprint density at radius 2 is 2.07 bits per heavy atom. The number of carbonyl (C=O) groups excluding carboxylic acids is 1. The average Bonchev–Trinajstić information content (AvgIpc) is 2.75. The van der Waals surface area contributed by atoms with Gasteiger partial charge in [0.1, 0.15) is 10.9 Å². The number of likely N-dealkylation sites (tertiary alicyclic amines) is 1. The fourth-order valence-corrected chi connectivity index (χ4v) is 4.03. The van der Waals surface area contributed by atoms with Gasteiger partial charge >= 0.3 is 0 Å². The van der Waals surface area contributed by atoms with Crippen molar-refractivity contribution in [3.8, 4) is 5.75 Å². The Hall–Kier alpha value is -2.63. The van der Waals surface area contributed by atoms with E-state index in [0.717, 1.165) is 53.8 Å². The van der Waals surface area contributed by atoms with Gasteiger partial charge in [-0.25, -0.2) is 4.98 Å². The van der Waals surface area contributed by atoms with Gasteiger partial charge in [0.25, 0.3) is 0 Å². The second kappa shape index (κ2) is 8.80. The van der Waals surface area contributed by atoms with E-state index in [0.29, 0.717) is 11.7 Å². The molecule has 0 radical (unpaired) electrons. The molecule has 1 fully saturated rings. The Labute approximate surface area is 175 Å². The molecular formula is C23H24ClN3O2. The first kappa shape index (κ1) is 19.7. The van der Waals surface area contributed by atoms with Crippen molar-refractivity contribution in [2.75, 3.05) is 25.5 Å². The van der Waals surface area contributed by atoms with Gasteiger partial charge in [-0.1, -0.05) is 29.8 Å². The number of aromatic nitrogens is 1. The number of pyridine rings is 1. The molecule has 1 amide bonds. The van der Waals surface area contributed by atoms with Crippen LogP contribution < -0.4 is 10.1 Å². The van der Waals surface area contributed by atoms with E-state index in [2.05, 4.69) is 21.3 Å². The smallest absolute Gasteiger partial charge is 0.228 e. The van der Waals surface area contributed by atoms with Gasteiger partial charge in [-0.2, -0.15) is 0 Å². The van der Waals surface area contributed by atoms with Gasteiger partial charge in [0.15, 0.2) is 0 Å². The zero-order valence-electron chi connectivity index (χ0n) is 16.4. The number of nitrogens with one attached hydrogen (secondary N) is 1. The van der Waals surface area contributed by atoms with Crippen molar-refractivity contribution in [2.24, 2.45) is 5.92 Å². The maximum atomic E-state index is 12.7. The molecule has 1 N–H and O–H groups in total. The van der Waals surface area contributed by atoms with Gasteiger partial charge in [-0.3, -0.25) is 9.69 Å². The predicted octanol–water partition coefficient (Wildman–Crippen LogP) is 4.75. The normalized spacial score (nSPS) is 17.2. The van der Waals surface area contributed by atoms with Crippen molar-refractivity contribution in [1.82, 2.24) is 9.88 Å². The second-order valence-electron chi connectivity index (χ2n) is 7.43. The molecule has 29 heavy (non-hydrogen) atoms. The van der Waals surface area contributed by atoms with E-state index in [4.69, 9.17) is 16.3 Å². The van der Waals surface area contributed by atoms with Crippen molar-refractivity contribution in [3.05, 3.63) is 65.3 Å². The van der Waals surface area contributed by atoms with Crippen LogP contribution in [0, 0.1) is 5.92 Å². The lowest BCUT2D eigenvalue weighted by molar-refractivity contribution is -0.121. The molecule has 1 unspecified atom stereocenters. The van der Waals surface area contributed by atoms with Gasteiger partial charge in [0.05, 0.1) is 18.5 Å². The fourth-order valence-electron chi connectivity index (χ4n) is 3.82. The number of fused-ring (bicyclic) bond motifs is 1. The van der Waals surface area contributed by atoms with E-state index in [9.17, 15) is 4.79 Å². The maximum Gasteiger partial charge on any atom is 0.228 e. The molecule has 4 rings (SSSR count). The number of hydrogen-bond donors (Lipinski definition) is 1. The zero-order chi connectivity index (χ0) is 20.2. The van der Waals surface area contributed by atoms with E-state index in [1.807, 2.05) is 48.5 Å². The van der Waals surface area contributed by atoms with E-state index >= 15 is 0 Å². The van der Waals surface area contributed by atoms with Gasteiger partial charge in [-0.05, 0) is 49.7 Å². The molecule has 6 heteroatoms. The summed E-state index contributed by atoms with van der Waals surface area (Å²) in [5.74, 6) is 0.813. The van der Waals surface area contributed by atoms with Crippen LogP contribution in [0.4, 0.5) is 5.69 Å². The first-order valence-electron chi connectivity index (χ1n) is 9.84. The number of hydrogen-bond acceptors (Lipinski definition) is 4. The van der Waals surface area contributed by atoms with Crippen molar-refractivity contribution in [2.45, 2.75) is 19.4 Å². The number of halogens is 1. The SMILES string of the molecule is COc1ccc2cc(CN3CCCC(C(=O)Nc4ccccc4)C3)c(Cl)nc2c1. The number of rotatable bonds is 5. The minimum absolute atomic E-state index is 0.0274. The third-order valence-electron chi connectivity index (χ3n) is 5.36. The Morgan fingerprint density at radius 3 is 2.86 bits per heavy atom. The van der Waals surface area contributed by atoms with Crippen LogP contribution in [0.5, 0.6) is 5.75 Å². The molecule has 150 valence electrons. The molecular weight excluding hydrogens is 386 g/mol. The van der Waals surface area contributed by atoms with Crippen LogP contribution in [-0.4, -0.2) is 36.0 Å². The second-order valence-corrected chi connectivity index (χ2v) is 7.78. The number of anilines is 1. The third-order valence-corrected chi connectivity index (χ3v) is 5.69. The molecule has 1 aliphatic heterocycles. The number of amides is 1. The number of ether oxygens (including phenoxy) is 1. The number of benzene rings is 2. The van der Waals surface area contributed by atoms with Crippen LogP contribution in [0.15, 0.2) is 54.6 Å². The number of nitrogens with zero attached hydrogens (tertiary/aromatic N) is 2. The maximum absolute atomic E-state index is 12.7. The van der Waals surface area contributed by atoms with Gasteiger partial charge < -0.3 is 10.1 Å². The summed E-state index contributed by atoms with van der Waals surface area (Å²) >= 11 is 6.47. The molecule has 0 bridgehead atoms. The molecule has 0 spiro atoms. The van der Waals surface area contributed by atoms with Crippen LogP contribution >= 0.6 is 11.6 Å². The molecule has 0 aliphatic carbocycles. The molecule has 1 aromatic heterocycles. The first-order chi connectivity index (χ1) is 14.1. The van der Waals surface area contributed by atoms with E-state index < -0.39 is 0 Å². The van der Waals surface area contributed by atoms with Crippen LogP contribution in [0.25, 0.3) is 10.9 Å². The number of piperidine rings is 1. The van der Waals surface area contributed by atoms with E-state index in [-0.39, 0.29) is 11.8 Å². The van der Waals surface area contributed by atoms with Gasteiger partial charge in [0.2, 0.25) is 5.91 Å². The van der Waals surface area contributed by atoms with Crippen molar-refractivity contribution in [3.63, 3.8) is 0 Å². The summed E-state index contributed by atoms with van der Waals surface area (Å²) in [7, 11) is 1.64. The van der Waals surface area contributed by atoms with Crippen LogP contribution in [0.2, 0.25) is 5.15 Å². The minimum atomic E-state index is -0.0274. The minimum Gasteiger partial charge on any atom is -0.497 e. The molecule has 1 aliphatic rings. The lowest BCUT2D eigenvalue weighted by atomic mass is 9.96. The highest BCUT2D eigenvalue weighted by molar-refractivity contribution is 6.30. The van der Waals surface area contributed by atoms with E-state index in [1.165, 1.54) is 0 Å². The van der Waals surface area contributed by atoms with Crippen LogP contribution in [0.3, 0.4) is 0 Å². The van der Waals surface area contributed by atoms with Crippen molar-refractivity contribution < 1.29 is 9.53 Å². The largest absolute Gasteiger partial charge is 0.497 e. The summed E-state index contributed by atoms with van der Waals surface area (Å²) in [5.41, 5.74) is 2.64. The predicted molar refractivity (Wildman–Crippen MR) is 116 cm³/mol. The monoisotopic (exact) mass is 409 g/mol. The lowest BCUT2D eigenvalue weighted by Gasteiger charge is -2.32. The number of para-hydroxylation sites is 1. The molecule has 2 heterocycles. The molecule has 1 atom stereocenters. The van der Waals surface area contributed by atoms with Crippen molar-refractivity contribution >= 4 is 34.1 Å². The molecule has 3 aromatic rings. The molecule has 0 saturated carbocycles. The number of carbonyl (C=O) groups is 1. The fraction of sp³-hybridized carbons (Fsp3) is 0.304.